The third kappa shape index (κ3) is 2.10. The third-order valence-corrected chi connectivity index (χ3v) is 1.78. The van der Waals surface area contributed by atoms with Crippen LogP contribution in [-0.4, -0.2) is 25.9 Å². The van der Waals surface area contributed by atoms with Crippen molar-refractivity contribution in [2.24, 2.45) is 0 Å². The minimum Gasteiger partial charge on any atom is -0.465 e. The topological polar surface area (TPSA) is 39.2 Å². The number of halogens is 1. The maximum atomic E-state index is 13.2. The van der Waals surface area contributed by atoms with Crippen LogP contribution in [0.5, 0.6) is 0 Å². The van der Waals surface area contributed by atoms with Gasteiger partial charge in [0.25, 0.3) is 0 Å². The molecule has 0 N–H and O–H groups in total. The number of aryl methyl sites for hydroxylation is 1. The Morgan fingerprint density at radius 2 is 2.36 bits per heavy atom. The molecule has 0 spiro atoms. The van der Waals surface area contributed by atoms with E-state index in [1.807, 2.05) is 0 Å². The summed E-state index contributed by atoms with van der Waals surface area (Å²) in [7, 11) is 6.52. The average Bonchev–Trinajstić information content (AvgIpc) is 2.18. The molecule has 0 aliphatic heterocycles. The van der Waals surface area contributed by atoms with E-state index >= 15 is 0 Å². The summed E-state index contributed by atoms with van der Waals surface area (Å²) < 4.78 is 17.7. The van der Waals surface area contributed by atoms with E-state index in [0.29, 0.717) is 18.3 Å². The summed E-state index contributed by atoms with van der Waals surface area (Å²) in [5.74, 6) is -1.38. The first-order valence-electron chi connectivity index (χ1n) is 4.11. The largest absolute Gasteiger partial charge is 0.465 e. The number of pyridine rings is 1. The fourth-order valence-corrected chi connectivity index (χ4v) is 1.15. The molecule has 0 aliphatic carbocycles. The quantitative estimate of drug-likeness (QED) is 0.533. The second-order valence-corrected chi connectivity index (χ2v) is 2.69. The number of carbonyl (C=O) groups excluding carboxylic acids is 1. The highest BCUT2D eigenvalue weighted by Gasteiger charge is 2.16. The fourth-order valence-electron chi connectivity index (χ4n) is 1.15. The Labute approximate surface area is 82.7 Å². The zero-order valence-electron chi connectivity index (χ0n) is 7.79. The molecule has 0 saturated heterocycles. The lowest BCUT2D eigenvalue weighted by molar-refractivity contribution is 0.0594. The van der Waals surface area contributed by atoms with Crippen molar-refractivity contribution < 1.29 is 13.9 Å². The van der Waals surface area contributed by atoms with E-state index in [0.717, 1.165) is 6.20 Å². The minimum atomic E-state index is -0.701. The maximum absolute atomic E-state index is 13.2. The molecular formula is C9H9BFNO2. The van der Waals surface area contributed by atoms with Gasteiger partial charge in [0.05, 0.1) is 21.2 Å². The van der Waals surface area contributed by atoms with Gasteiger partial charge in [0.1, 0.15) is 5.56 Å². The highest BCUT2D eigenvalue weighted by molar-refractivity contribution is 6.08. The van der Waals surface area contributed by atoms with Crippen LogP contribution >= 0.6 is 0 Å². The van der Waals surface area contributed by atoms with Gasteiger partial charge in [-0.05, 0) is 12.0 Å². The van der Waals surface area contributed by atoms with Gasteiger partial charge < -0.3 is 4.74 Å². The van der Waals surface area contributed by atoms with Gasteiger partial charge in [-0.2, -0.15) is 0 Å². The molecule has 0 aromatic carbocycles. The molecule has 72 valence electrons. The van der Waals surface area contributed by atoms with Crippen LogP contribution in [0.15, 0.2) is 12.4 Å². The van der Waals surface area contributed by atoms with Gasteiger partial charge in [-0.3, -0.25) is 4.98 Å². The number of methoxy groups -OCH3 is 1. The van der Waals surface area contributed by atoms with Crippen molar-refractivity contribution in [3.05, 3.63) is 29.3 Å². The number of esters is 1. The number of nitrogens with zero attached hydrogens (tertiary/aromatic N) is 1. The molecule has 0 fully saturated rings. The van der Waals surface area contributed by atoms with E-state index in [4.69, 9.17) is 7.85 Å². The number of hydrogen-bond acceptors (Lipinski definition) is 3. The molecule has 0 atom stereocenters. The summed E-state index contributed by atoms with van der Waals surface area (Å²) >= 11 is 0. The molecule has 3 nitrogen and oxygen atoms in total. The SMILES string of the molecule is [B]CCc1cncc(F)c1C(=O)OC. The number of rotatable bonds is 3. The Bertz CT molecular complexity index is 344. The molecule has 14 heavy (non-hydrogen) atoms. The van der Waals surface area contributed by atoms with E-state index in [9.17, 15) is 9.18 Å². The average molecular weight is 193 g/mol. The summed E-state index contributed by atoms with van der Waals surface area (Å²) in [5, 5.41) is 0. The highest BCUT2D eigenvalue weighted by atomic mass is 19.1. The maximum Gasteiger partial charge on any atom is 0.341 e. The van der Waals surface area contributed by atoms with E-state index in [-0.39, 0.29) is 5.56 Å². The third-order valence-electron chi connectivity index (χ3n) is 1.78. The Morgan fingerprint density at radius 1 is 1.64 bits per heavy atom. The molecule has 0 amide bonds. The Kier molecular flexibility index (Phi) is 3.62. The normalized spacial score (nSPS) is 9.86. The number of aromatic nitrogens is 1. The van der Waals surface area contributed by atoms with Gasteiger partial charge in [0.15, 0.2) is 5.82 Å². The Morgan fingerprint density at radius 3 is 2.93 bits per heavy atom. The molecule has 2 radical (unpaired) electrons. The van der Waals surface area contributed by atoms with Gasteiger partial charge in [0, 0.05) is 6.20 Å². The molecule has 1 aromatic rings. The summed E-state index contributed by atoms with van der Waals surface area (Å²) in [6, 6.07) is 0. The first-order valence-corrected chi connectivity index (χ1v) is 4.11. The zero-order valence-corrected chi connectivity index (χ0v) is 7.79. The first-order chi connectivity index (χ1) is 6.70. The van der Waals surface area contributed by atoms with E-state index in [2.05, 4.69) is 9.72 Å². The Balaban J connectivity index is 3.15. The second-order valence-electron chi connectivity index (χ2n) is 2.69. The van der Waals surface area contributed by atoms with E-state index in [1.165, 1.54) is 13.3 Å². The van der Waals surface area contributed by atoms with Gasteiger partial charge >= 0.3 is 5.97 Å². The molecule has 1 rings (SSSR count). The highest BCUT2D eigenvalue weighted by Crippen LogP contribution is 2.14. The van der Waals surface area contributed by atoms with Gasteiger partial charge in [-0.15, -0.1) is 0 Å². The lowest BCUT2D eigenvalue weighted by Gasteiger charge is -2.06. The summed E-state index contributed by atoms with van der Waals surface area (Å²) in [6.45, 7) is 0. The Hall–Kier alpha value is -1.39. The molecule has 5 heteroatoms. The van der Waals surface area contributed by atoms with Crippen LogP contribution < -0.4 is 0 Å². The smallest absolute Gasteiger partial charge is 0.341 e. The molecule has 0 aliphatic rings. The van der Waals surface area contributed by atoms with Crippen LogP contribution in [0.2, 0.25) is 6.32 Å². The fraction of sp³-hybridized carbons (Fsp3) is 0.333. The summed E-state index contributed by atoms with van der Waals surface area (Å²) in [5.41, 5.74) is 0.396. The van der Waals surface area contributed by atoms with Crippen molar-refractivity contribution in [2.75, 3.05) is 7.11 Å². The molecule has 1 aromatic heterocycles. The standard InChI is InChI=1S/C9H9BFNO2/c1-14-9(13)8-6(2-3-10)4-12-5-7(8)11/h4-5H,2-3H2,1H3. The second kappa shape index (κ2) is 4.74. The van der Waals surface area contributed by atoms with Crippen LogP contribution in [0.3, 0.4) is 0 Å². The van der Waals surface area contributed by atoms with E-state index in [1.54, 1.807) is 0 Å². The predicted molar refractivity (Wildman–Crippen MR) is 49.8 cm³/mol. The van der Waals surface area contributed by atoms with Crippen molar-refractivity contribution >= 4 is 13.8 Å². The van der Waals surface area contributed by atoms with Crippen molar-refractivity contribution in [1.82, 2.24) is 4.98 Å². The molecule has 0 bridgehead atoms. The molecular weight excluding hydrogens is 184 g/mol. The van der Waals surface area contributed by atoms with Crippen LogP contribution in [0.1, 0.15) is 15.9 Å². The molecule has 1 heterocycles. The van der Waals surface area contributed by atoms with Gasteiger partial charge in [-0.1, -0.05) is 6.32 Å². The van der Waals surface area contributed by atoms with Gasteiger partial charge in [0.2, 0.25) is 0 Å². The minimum absolute atomic E-state index is 0.0760. The summed E-state index contributed by atoms with van der Waals surface area (Å²) in [4.78, 5) is 14.8. The van der Waals surface area contributed by atoms with Crippen LogP contribution in [0.4, 0.5) is 4.39 Å². The lowest BCUT2D eigenvalue weighted by atomic mass is 9.95. The van der Waals surface area contributed by atoms with Crippen molar-refractivity contribution in [3.63, 3.8) is 0 Å². The predicted octanol–water partition coefficient (Wildman–Crippen LogP) is 1.14. The van der Waals surface area contributed by atoms with Crippen LogP contribution in [-0.2, 0) is 11.2 Å². The van der Waals surface area contributed by atoms with Crippen LogP contribution in [0, 0.1) is 5.82 Å². The monoisotopic (exact) mass is 193 g/mol. The van der Waals surface area contributed by atoms with Crippen molar-refractivity contribution in [2.45, 2.75) is 12.7 Å². The van der Waals surface area contributed by atoms with Gasteiger partial charge in [-0.25, -0.2) is 9.18 Å². The lowest BCUT2D eigenvalue weighted by Crippen LogP contribution is -2.09. The molecule has 0 unspecified atom stereocenters. The number of carbonyl (C=O) groups is 1. The summed E-state index contributed by atoms with van der Waals surface area (Å²) in [6.07, 6.45) is 3.12. The number of ether oxygens (including phenoxy) is 1. The van der Waals surface area contributed by atoms with Crippen molar-refractivity contribution in [1.29, 1.82) is 0 Å². The van der Waals surface area contributed by atoms with Crippen molar-refractivity contribution in [3.8, 4) is 0 Å². The zero-order chi connectivity index (χ0) is 10.6. The number of hydrogen-bond donors (Lipinski definition) is 0. The first kappa shape index (κ1) is 10.7. The molecule has 0 saturated carbocycles. The van der Waals surface area contributed by atoms with E-state index < -0.39 is 11.8 Å². The van der Waals surface area contributed by atoms with Crippen LogP contribution in [0.25, 0.3) is 0 Å².